The smallest absolute Gasteiger partial charge is 0.251 e. The number of nitrogens with one attached hydrogen (secondary N) is 1. The van der Waals surface area contributed by atoms with Crippen molar-refractivity contribution >= 4 is 24.0 Å². The first kappa shape index (κ1) is 22.3. The first-order valence-corrected chi connectivity index (χ1v) is 9.82. The van der Waals surface area contributed by atoms with Gasteiger partial charge < -0.3 is 16.0 Å². The van der Waals surface area contributed by atoms with Gasteiger partial charge in [-0.15, -0.1) is 12.4 Å². The zero-order valence-electron chi connectivity index (χ0n) is 17.1. The van der Waals surface area contributed by atoms with Crippen LogP contribution < -0.4 is 16.0 Å². The van der Waals surface area contributed by atoms with E-state index in [2.05, 4.69) is 55.3 Å². The molecule has 0 aromatic heterocycles. The summed E-state index contributed by atoms with van der Waals surface area (Å²) in [6, 6.07) is 16.7. The summed E-state index contributed by atoms with van der Waals surface area (Å²) in [6.07, 6.45) is 1.93. The Morgan fingerprint density at radius 1 is 1.04 bits per heavy atom. The average molecular weight is 402 g/mol. The molecule has 5 heteroatoms. The van der Waals surface area contributed by atoms with Gasteiger partial charge in [-0.25, -0.2) is 0 Å². The summed E-state index contributed by atoms with van der Waals surface area (Å²) in [5.74, 6) is 0.00607. The molecule has 0 atom stereocenters. The quantitative estimate of drug-likeness (QED) is 0.804. The van der Waals surface area contributed by atoms with E-state index < -0.39 is 0 Å². The van der Waals surface area contributed by atoms with Crippen LogP contribution in [0.2, 0.25) is 0 Å². The Labute approximate surface area is 174 Å². The minimum atomic E-state index is 0. The fourth-order valence-electron chi connectivity index (χ4n) is 3.52. The molecule has 0 bridgehead atoms. The molecule has 152 valence electrons. The van der Waals surface area contributed by atoms with E-state index in [0.717, 1.165) is 31.5 Å². The first-order valence-electron chi connectivity index (χ1n) is 9.82. The third-order valence-corrected chi connectivity index (χ3v) is 5.38. The Hall–Kier alpha value is -2.04. The number of hydrogen-bond donors (Lipinski definition) is 2. The van der Waals surface area contributed by atoms with Crippen LogP contribution in [0, 0.1) is 0 Å². The van der Waals surface area contributed by atoms with Gasteiger partial charge in [-0.1, -0.05) is 45.0 Å². The molecule has 0 saturated carbocycles. The summed E-state index contributed by atoms with van der Waals surface area (Å²) in [4.78, 5) is 14.8. The summed E-state index contributed by atoms with van der Waals surface area (Å²) < 4.78 is 0. The number of amides is 1. The van der Waals surface area contributed by atoms with Crippen molar-refractivity contribution in [1.82, 2.24) is 5.32 Å². The Balaban J connectivity index is 0.00000280. The number of carbonyl (C=O) groups is 1. The minimum Gasteiger partial charge on any atom is -0.371 e. The molecule has 1 aliphatic rings. The second-order valence-corrected chi connectivity index (χ2v) is 8.43. The molecule has 1 amide bonds. The Morgan fingerprint density at radius 3 is 2.11 bits per heavy atom. The number of benzene rings is 2. The van der Waals surface area contributed by atoms with Crippen LogP contribution >= 0.6 is 12.4 Å². The number of halogens is 1. The van der Waals surface area contributed by atoms with Crippen LogP contribution in [0.3, 0.4) is 0 Å². The molecule has 2 aromatic carbocycles. The maximum atomic E-state index is 12.4. The van der Waals surface area contributed by atoms with Crippen LogP contribution in [0.25, 0.3) is 0 Å². The van der Waals surface area contributed by atoms with Crippen LogP contribution in [-0.2, 0) is 12.0 Å². The molecule has 2 aromatic rings. The highest BCUT2D eigenvalue weighted by molar-refractivity contribution is 5.94. The molecule has 0 aliphatic carbocycles. The van der Waals surface area contributed by atoms with E-state index in [0.29, 0.717) is 12.1 Å². The lowest BCUT2D eigenvalue weighted by atomic mass is 9.87. The van der Waals surface area contributed by atoms with Gasteiger partial charge in [0.05, 0.1) is 0 Å². The predicted molar refractivity (Wildman–Crippen MR) is 119 cm³/mol. The second-order valence-electron chi connectivity index (χ2n) is 8.43. The standard InChI is InChI=1S/C23H31N3O.ClH/c1-23(2,3)19-8-10-21(11-9-19)26-14-12-20(13-15-26)25-22(27)18-6-4-17(16-24)5-7-18;/h4-11,20H,12-16,24H2,1-3H3,(H,25,27);1H. The molecule has 1 saturated heterocycles. The Bertz CT molecular complexity index is 758. The van der Waals surface area contributed by atoms with E-state index in [1.165, 1.54) is 11.3 Å². The Kier molecular flexibility index (Phi) is 7.50. The number of piperidine rings is 1. The zero-order chi connectivity index (χ0) is 19.4. The van der Waals surface area contributed by atoms with Crippen molar-refractivity contribution in [2.24, 2.45) is 5.73 Å². The van der Waals surface area contributed by atoms with Crippen LogP contribution in [0.4, 0.5) is 5.69 Å². The lowest BCUT2D eigenvalue weighted by Crippen LogP contribution is -2.44. The monoisotopic (exact) mass is 401 g/mol. The second kappa shape index (κ2) is 9.44. The van der Waals surface area contributed by atoms with Crippen molar-refractivity contribution in [3.8, 4) is 0 Å². The van der Waals surface area contributed by atoms with Crippen LogP contribution in [0.15, 0.2) is 48.5 Å². The third-order valence-electron chi connectivity index (χ3n) is 5.38. The van der Waals surface area contributed by atoms with Crippen molar-refractivity contribution < 1.29 is 4.79 Å². The van der Waals surface area contributed by atoms with E-state index in [-0.39, 0.29) is 29.8 Å². The molecule has 28 heavy (non-hydrogen) atoms. The molecule has 0 unspecified atom stereocenters. The van der Waals surface area contributed by atoms with Crippen LogP contribution in [0.1, 0.15) is 55.1 Å². The molecule has 4 nitrogen and oxygen atoms in total. The predicted octanol–water partition coefficient (Wildman–Crippen LogP) is 4.26. The highest BCUT2D eigenvalue weighted by Crippen LogP contribution is 2.26. The maximum Gasteiger partial charge on any atom is 0.251 e. The first-order chi connectivity index (χ1) is 12.9. The molecule has 0 radical (unpaired) electrons. The molecular weight excluding hydrogens is 370 g/mol. The summed E-state index contributed by atoms with van der Waals surface area (Å²) >= 11 is 0. The molecule has 1 heterocycles. The molecule has 1 fully saturated rings. The van der Waals surface area contributed by atoms with E-state index in [4.69, 9.17) is 5.73 Å². The van der Waals surface area contributed by atoms with E-state index in [9.17, 15) is 4.79 Å². The Morgan fingerprint density at radius 2 is 1.61 bits per heavy atom. The van der Waals surface area contributed by atoms with Gasteiger partial charge in [0.15, 0.2) is 0 Å². The summed E-state index contributed by atoms with van der Waals surface area (Å²) in [7, 11) is 0. The maximum absolute atomic E-state index is 12.4. The van der Waals surface area contributed by atoms with Gasteiger partial charge in [0, 0.05) is 36.9 Å². The lowest BCUT2D eigenvalue weighted by molar-refractivity contribution is 0.0931. The van der Waals surface area contributed by atoms with Crippen molar-refractivity contribution in [1.29, 1.82) is 0 Å². The minimum absolute atomic E-state index is 0. The summed E-state index contributed by atoms with van der Waals surface area (Å²) in [5.41, 5.74) is 10.2. The normalized spacial score (nSPS) is 15.1. The largest absolute Gasteiger partial charge is 0.371 e. The van der Waals surface area contributed by atoms with Crippen molar-refractivity contribution in [2.45, 2.75) is 51.6 Å². The number of anilines is 1. The van der Waals surface area contributed by atoms with E-state index in [1.54, 1.807) is 0 Å². The molecule has 0 spiro atoms. The number of hydrogen-bond acceptors (Lipinski definition) is 3. The fourth-order valence-corrected chi connectivity index (χ4v) is 3.52. The van der Waals surface area contributed by atoms with E-state index >= 15 is 0 Å². The number of nitrogens with zero attached hydrogens (tertiary/aromatic N) is 1. The van der Waals surface area contributed by atoms with Gasteiger partial charge in [-0.2, -0.15) is 0 Å². The van der Waals surface area contributed by atoms with Crippen molar-refractivity contribution in [2.75, 3.05) is 18.0 Å². The van der Waals surface area contributed by atoms with Gasteiger partial charge in [-0.3, -0.25) is 4.79 Å². The fraction of sp³-hybridized carbons (Fsp3) is 0.435. The topological polar surface area (TPSA) is 58.4 Å². The zero-order valence-corrected chi connectivity index (χ0v) is 17.9. The third kappa shape index (κ3) is 5.49. The van der Waals surface area contributed by atoms with Gasteiger partial charge in [-0.05, 0) is 53.6 Å². The molecular formula is C23H32ClN3O. The highest BCUT2D eigenvalue weighted by Gasteiger charge is 2.22. The lowest BCUT2D eigenvalue weighted by Gasteiger charge is -2.34. The molecule has 1 aliphatic heterocycles. The van der Waals surface area contributed by atoms with Crippen molar-refractivity contribution in [3.05, 3.63) is 65.2 Å². The SMILES string of the molecule is CC(C)(C)c1ccc(N2CCC(NC(=O)c3ccc(CN)cc3)CC2)cc1.Cl. The molecule has 3 N–H and O–H groups in total. The number of carbonyl (C=O) groups excluding carboxylic acids is 1. The van der Waals surface area contributed by atoms with Gasteiger partial charge in [0.2, 0.25) is 0 Å². The van der Waals surface area contributed by atoms with Gasteiger partial charge in [0.1, 0.15) is 0 Å². The summed E-state index contributed by atoms with van der Waals surface area (Å²) in [5, 5.41) is 3.18. The summed E-state index contributed by atoms with van der Waals surface area (Å²) in [6.45, 7) is 9.13. The van der Waals surface area contributed by atoms with Crippen LogP contribution in [0.5, 0.6) is 0 Å². The highest BCUT2D eigenvalue weighted by atomic mass is 35.5. The van der Waals surface area contributed by atoms with Crippen molar-refractivity contribution in [3.63, 3.8) is 0 Å². The average Bonchev–Trinajstić information content (AvgIpc) is 2.68. The molecule has 3 rings (SSSR count). The van der Waals surface area contributed by atoms with E-state index in [1.807, 2.05) is 24.3 Å². The van der Waals surface area contributed by atoms with Crippen LogP contribution in [-0.4, -0.2) is 25.0 Å². The number of nitrogens with two attached hydrogens (primary N) is 1. The van der Waals surface area contributed by atoms with Gasteiger partial charge in [0.25, 0.3) is 5.91 Å². The van der Waals surface area contributed by atoms with Gasteiger partial charge >= 0.3 is 0 Å². The number of rotatable bonds is 4.